The Morgan fingerprint density at radius 2 is 2.39 bits per heavy atom. The van der Waals surface area contributed by atoms with E-state index >= 15 is 0 Å². The second-order valence-corrected chi connectivity index (χ2v) is 4.81. The van der Waals surface area contributed by atoms with Gasteiger partial charge in [-0.2, -0.15) is 5.10 Å². The first-order valence-electron chi connectivity index (χ1n) is 6.31. The molecule has 0 spiro atoms. The van der Waals surface area contributed by atoms with Crippen molar-refractivity contribution in [2.45, 2.75) is 18.8 Å². The summed E-state index contributed by atoms with van der Waals surface area (Å²) in [6.45, 7) is 1.65. The van der Waals surface area contributed by atoms with Gasteiger partial charge in [-0.05, 0) is 18.9 Å². The standard InChI is InChI=1S/C13H14N4O/c1-2-8(7-18-5-1)12-11-9-3-4-14-13(9)15-6-10(11)16-17-12/h3-4,6,8H,1-2,5,7H2,(H,14,15)(H,16,17). The van der Waals surface area contributed by atoms with Crippen LogP contribution in [-0.2, 0) is 4.74 Å². The molecule has 0 bridgehead atoms. The smallest absolute Gasteiger partial charge is 0.138 e. The maximum absolute atomic E-state index is 5.57. The molecule has 0 aromatic carbocycles. The molecule has 1 atom stereocenters. The summed E-state index contributed by atoms with van der Waals surface area (Å²) in [5.74, 6) is 0.396. The summed E-state index contributed by atoms with van der Waals surface area (Å²) in [5.41, 5.74) is 3.04. The van der Waals surface area contributed by atoms with Crippen molar-refractivity contribution in [3.05, 3.63) is 24.2 Å². The van der Waals surface area contributed by atoms with Crippen LogP contribution in [0.2, 0.25) is 0 Å². The molecule has 1 unspecified atom stereocenters. The normalized spacial score (nSPS) is 20.8. The Morgan fingerprint density at radius 3 is 3.28 bits per heavy atom. The molecule has 4 heterocycles. The molecule has 1 aliphatic rings. The molecule has 5 heteroatoms. The lowest BCUT2D eigenvalue weighted by atomic mass is 9.95. The van der Waals surface area contributed by atoms with Gasteiger partial charge in [-0.1, -0.05) is 0 Å². The maximum Gasteiger partial charge on any atom is 0.138 e. The van der Waals surface area contributed by atoms with E-state index in [1.54, 1.807) is 0 Å². The van der Waals surface area contributed by atoms with E-state index in [9.17, 15) is 0 Å². The molecule has 2 N–H and O–H groups in total. The van der Waals surface area contributed by atoms with Crippen molar-refractivity contribution >= 4 is 21.9 Å². The highest BCUT2D eigenvalue weighted by molar-refractivity contribution is 6.04. The van der Waals surface area contributed by atoms with Crippen LogP contribution in [-0.4, -0.2) is 33.4 Å². The van der Waals surface area contributed by atoms with Crippen LogP contribution in [0, 0.1) is 0 Å². The molecular formula is C13H14N4O. The van der Waals surface area contributed by atoms with E-state index in [4.69, 9.17) is 4.74 Å². The first kappa shape index (κ1) is 10.1. The van der Waals surface area contributed by atoms with Crippen LogP contribution in [0.1, 0.15) is 24.5 Å². The fourth-order valence-corrected chi connectivity index (χ4v) is 2.80. The summed E-state index contributed by atoms with van der Waals surface area (Å²) in [6.07, 6.45) is 6.02. The Bertz CT molecular complexity index is 693. The Morgan fingerprint density at radius 1 is 1.39 bits per heavy atom. The molecule has 1 fully saturated rings. The van der Waals surface area contributed by atoms with E-state index in [-0.39, 0.29) is 0 Å². The molecule has 1 aliphatic heterocycles. The zero-order chi connectivity index (χ0) is 11.9. The molecule has 0 amide bonds. The van der Waals surface area contributed by atoms with Gasteiger partial charge >= 0.3 is 0 Å². The number of hydrogen-bond acceptors (Lipinski definition) is 3. The Hall–Kier alpha value is -1.88. The molecule has 1 saturated heterocycles. The highest BCUT2D eigenvalue weighted by Crippen LogP contribution is 2.32. The lowest BCUT2D eigenvalue weighted by Gasteiger charge is -2.20. The lowest BCUT2D eigenvalue weighted by Crippen LogP contribution is -2.16. The highest BCUT2D eigenvalue weighted by atomic mass is 16.5. The number of ether oxygens (including phenoxy) is 1. The van der Waals surface area contributed by atoms with Gasteiger partial charge < -0.3 is 9.72 Å². The minimum atomic E-state index is 0.396. The van der Waals surface area contributed by atoms with E-state index in [0.717, 1.165) is 48.3 Å². The lowest BCUT2D eigenvalue weighted by molar-refractivity contribution is 0.0796. The van der Waals surface area contributed by atoms with Gasteiger partial charge in [0.05, 0.1) is 24.0 Å². The van der Waals surface area contributed by atoms with Gasteiger partial charge in [0.2, 0.25) is 0 Å². The van der Waals surface area contributed by atoms with Gasteiger partial charge in [0, 0.05) is 29.5 Å². The van der Waals surface area contributed by atoms with Gasteiger partial charge in [-0.15, -0.1) is 0 Å². The summed E-state index contributed by atoms with van der Waals surface area (Å²) in [4.78, 5) is 7.52. The van der Waals surface area contributed by atoms with Crippen LogP contribution in [0.5, 0.6) is 0 Å². The summed E-state index contributed by atoms with van der Waals surface area (Å²) < 4.78 is 5.57. The van der Waals surface area contributed by atoms with E-state index in [1.165, 1.54) is 5.39 Å². The predicted molar refractivity (Wildman–Crippen MR) is 68.5 cm³/mol. The zero-order valence-electron chi connectivity index (χ0n) is 9.94. The van der Waals surface area contributed by atoms with Gasteiger partial charge in [-0.25, -0.2) is 4.98 Å². The van der Waals surface area contributed by atoms with Gasteiger partial charge in [0.1, 0.15) is 5.65 Å². The van der Waals surface area contributed by atoms with Crippen molar-refractivity contribution in [3.63, 3.8) is 0 Å². The second kappa shape index (κ2) is 3.81. The predicted octanol–water partition coefficient (Wildman–Crippen LogP) is 2.33. The van der Waals surface area contributed by atoms with E-state index in [2.05, 4.69) is 26.2 Å². The van der Waals surface area contributed by atoms with Crippen LogP contribution in [0.25, 0.3) is 21.9 Å². The van der Waals surface area contributed by atoms with Gasteiger partial charge in [0.15, 0.2) is 0 Å². The molecule has 3 aromatic rings. The number of aromatic nitrogens is 4. The van der Waals surface area contributed by atoms with Crippen molar-refractivity contribution < 1.29 is 4.74 Å². The molecule has 0 aliphatic carbocycles. The number of nitrogens with one attached hydrogen (secondary N) is 2. The molecule has 0 radical (unpaired) electrons. The summed E-state index contributed by atoms with van der Waals surface area (Å²) in [6, 6.07) is 2.06. The summed E-state index contributed by atoms with van der Waals surface area (Å²) in [5, 5.41) is 9.91. The number of H-pyrrole nitrogens is 2. The van der Waals surface area contributed by atoms with Crippen molar-refractivity contribution in [1.29, 1.82) is 0 Å². The Kier molecular flexibility index (Phi) is 2.14. The van der Waals surface area contributed by atoms with Crippen LogP contribution >= 0.6 is 0 Å². The molecule has 3 aromatic heterocycles. The van der Waals surface area contributed by atoms with E-state index in [1.807, 2.05) is 12.4 Å². The minimum Gasteiger partial charge on any atom is -0.381 e. The third-order valence-corrected chi connectivity index (χ3v) is 3.69. The highest BCUT2D eigenvalue weighted by Gasteiger charge is 2.22. The van der Waals surface area contributed by atoms with Crippen LogP contribution in [0.3, 0.4) is 0 Å². The van der Waals surface area contributed by atoms with Crippen LogP contribution in [0.4, 0.5) is 0 Å². The van der Waals surface area contributed by atoms with Crippen molar-refractivity contribution in [1.82, 2.24) is 20.2 Å². The largest absolute Gasteiger partial charge is 0.381 e. The SMILES string of the molecule is c1cc2c(ncc3[nH]nc(C4CCCOC4)c32)[nH]1. The van der Waals surface area contributed by atoms with Crippen LogP contribution in [0.15, 0.2) is 18.5 Å². The third-order valence-electron chi connectivity index (χ3n) is 3.69. The Labute approximate surface area is 104 Å². The fraction of sp³-hybridized carbons (Fsp3) is 0.385. The maximum atomic E-state index is 5.57. The first-order valence-corrected chi connectivity index (χ1v) is 6.31. The number of aromatic amines is 2. The van der Waals surface area contributed by atoms with Crippen LogP contribution < -0.4 is 0 Å². The molecule has 5 nitrogen and oxygen atoms in total. The topological polar surface area (TPSA) is 66.6 Å². The monoisotopic (exact) mass is 242 g/mol. The van der Waals surface area contributed by atoms with Crippen molar-refractivity contribution in [3.8, 4) is 0 Å². The Balaban J connectivity index is 1.96. The number of pyridine rings is 1. The average molecular weight is 242 g/mol. The molecule has 92 valence electrons. The number of nitrogens with zero attached hydrogens (tertiary/aromatic N) is 2. The molecule has 18 heavy (non-hydrogen) atoms. The molecular weight excluding hydrogens is 228 g/mol. The molecule has 4 rings (SSSR count). The quantitative estimate of drug-likeness (QED) is 0.688. The second-order valence-electron chi connectivity index (χ2n) is 4.81. The van der Waals surface area contributed by atoms with Gasteiger partial charge in [-0.3, -0.25) is 5.10 Å². The average Bonchev–Trinajstić information content (AvgIpc) is 3.05. The van der Waals surface area contributed by atoms with Crippen molar-refractivity contribution in [2.75, 3.05) is 13.2 Å². The van der Waals surface area contributed by atoms with Crippen molar-refractivity contribution in [2.24, 2.45) is 0 Å². The third kappa shape index (κ3) is 1.37. The zero-order valence-corrected chi connectivity index (χ0v) is 9.94. The van der Waals surface area contributed by atoms with E-state index in [0.29, 0.717) is 5.92 Å². The summed E-state index contributed by atoms with van der Waals surface area (Å²) in [7, 11) is 0. The number of hydrogen-bond donors (Lipinski definition) is 2. The minimum absolute atomic E-state index is 0.396. The fourth-order valence-electron chi connectivity index (χ4n) is 2.80. The number of rotatable bonds is 1. The summed E-state index contributed by atoms with van der Waals surface area (Å²) >= 11 is 0. The first-order chi connectivity index (χ1) is 8.93. The molecule has 0 saturated carbocycles. The van der Waals surface area contributed by atoms with E-state index < -0.39 is 0 Å². The number of fused-ring (bicyclic) bond motifs is 3. The van der Waals surface area contributed by atoms with Gasteiger partial charge in [0.25, 0.3) is 0 Å².